The minimum absolute atomic E-state index is 0.105. The molecule has 0 heterocycles. The number of rotatable bonds is 5. The molecule has 6 heteroatoms. The molecule has 4 nitrogen and oxygen atoms in total. The lowest BCUT2D eigenvalue weighted by molar-refractivity contribution is 0.212. The van der Waals surface area contributed by atoms with Gasteiger partial charge in [-0.2, -0.15) is 0 Å². The van der Waals surface area contributed by atoms with Crippen LogP contribution in [0.5, 0.6) is 0 Å². The molecule has 1 aliphatic carbocycles. The van der Waals surface area contributed by atoms with Crippen LogP contribution in [0.3, 0.4) is 0 Å². The first kappa shape index (κ1) is 16.5. The van der Waals surface area contributed by atoms with Gasteiger partial charge in [-0.15, -0.1) is 0 Å². The SMILES string of the molecule is NC[C@@]1(CO)[C@@H](c2ccc(Cl)cc2)[C@@H]1S(=O)(=O)c1ccccc1. The predicted molar refractivity (Wildman–Crippen MR) is 90.2 cm³/mol. The molecule has 2 aromatic carbocycles. The number of hydrogen-bond acceptors (Lipinski definition) is 4. The van der Waals surface area contributed by atoms with Crippen LogP contribution in [0.15, 0.2) is 59.5 Å². The van der Waals surface area contributed by atoms with Crippen LogP contribution in [0, 0.1) is 5.41 Å². The van der Waals surface area contributed by atoms with Crippen LogP contribution in [-0.4, -0.2) is 31.9 Å². The second kappa shape index (κ2) is 5.91. The zero-order chi connectivity index (χ0) is 16.7. The maximum Gasteiger partial charge on any atom is 0.182 e. The van der Waals surface area contributed by atoms with E-state index >= 15 is 0 Å². The number of aliphatic hydroxyl groups is 1. The van der Waals surface area contributed by atoms with E-state index in [1.165, 1.54) is 0 Å². The van der Waals surface area contributed by atoms with E-state index in [1.807, 2.05) is 0 Å². The zero-order valence-electron chi connectivity index (χ0n) is 12.4. The van der Waals surface area contributed by atoms with Crippen molar-refractivity contribution in [3.05, 3.63) is 65.2 Å². The van der Waals surface area contributed by atoms with Gasteiger partial charge in [0.25, 0.3) is 0 Å². The van der Waals surface area contributed by atoms with Crippen LogP contribution in [0.25, 0.3) is 0 Å². The van der Waals surface area contributed by atoms with E-state index in [9.17, 15) is 13.5 Å². The quantitative estimate of drug-likeness (QED) is 0.865. The molecule has 0 aromatic heterocycles. The van der Waals surface area contributed by atoms with E-state index in [1.54, 1.807) is 54.6 Å². The third kappa shape index (κ3) is 2.58. The van der Waals surface area contributed by atoms with Gasteiger partial charge in [-0.3, -0.25) is 0 Å². The molecule has 1 aliphatic rings. The second-order valence-corrected chi connectivity index (χ2v) is 8.41. The van der Waals surface area contributed by atoms with Crippen LogP contribution < -0.4 is 5.73 Å². The normalized spacial score (nSPS) is 26.9. The molecule has 0 unspecified atom stereocenters. The third-order valence-corrected chi connectivity index (χ3v) is 7.28. The van der Waals surface area contributed by atoms with E-state index in [2.05, 4.69) is 0 Å². The highest BCUT2D eigenvalue weighted by atomic mass is 35.5. The first-order valence-electron chi connectivity index (χ1n) is 7.33. The molecule has 0 aliphatic heterocycles. The van der Waals surface area contributed by atoms with Gasteiger partial charge in [0.15, 0.2) is 9.84 Å². The highest BCUT2D eigenvalue weighted by Crippen LogP contribution is 2.63. The summed E-state index contributed by atoms with van der Waals surface area (Å²) in [5.74, 6) is -0.333. The van der Waals surface area contributed by atoms with E-state index in [0.29, 0.717) is 5.02 Å². The summed E-state index contributed by atoms with van der Waals surface area (Å²) in [4.78, 5) is 0.257. The molecule has 0 bridgehead atoms. The maximum atomic E-state index is 13.0. The predicted octanol–water partition coefficient (Wildman–Crippen LogP) is 2.22. The van der Waals surface area contributed by atoms with Crippen molar-refractivity contribution in [2.45, 2.75) is 16.1 Å². The average molecular weight is 352 g/mol. The van der Waals surface area contributed by atoms with E-state index in [-0.39, 0.29) is 24.0 Å². The molecule has 0 radical (unpaired) electrons. The molecule has 3 atom stereocenters. The Kier molecular flexibility index (Phi) is 4.23. The molecule has 1 saturated carbocycles. The van der Waals surface area contributed by atoms with Gasteiger partial charge < -0.3 is 10.8 Å². The Morgan fingerprint density at radius 3 is 2.22 bits per heavy atom. The first-order valence-corrected chi connectivity index (χ1v) is 9.25. The standard InChI is InChI=1S/C17H18ClNO3S/c18-13-8-6-12(7-9-13)15-16(17(15,10-19)11-20)23(21,22)14-4-2-1-3-5-14/h1-9,15-16,20H,10-11,19H2/t15-,16-,17+/m0/s1. The van der Waals surface area contributed by atoms with Crippen molar-refractivity contribution in [2.75, 3.05) is 13.2 Å². The first-order chi connectivity index (χ1) is 11.0. The molecule has 23 heavy (non-hydrogen) atoms. The Balaban J connectivity index is 2.05. The molecule has 0 spiro atoms. The summed E-state index contributed by atoms with van der Waals surface area (Å²) in [7, 11) is -3.58. The smallest absolute Gasteiger partial charge is 0.182 e. The van der Waals surface area contributed by atoms with Gasteiger partial charge >= 0.3 is 0 Å². The summed E-state index contributed by atoms with van der Waals surface area (Å²) < 4.78 is 26.0. The summed E-state index contributed by atoms with van der Waals surface area (Å²) in [6, 6.07) is 15.3. The summed E-state index contributed by atoms with van der Waals surface area (Å²) >= 11 is 5.91. The van der Waals surface area contributed by atoms with Crippen molar-refractivity contribution in [1.82, 2.24) is 0 Å². The molecule has 3 rings (SSSR count). The van der Waals surface area contributed by atoms with Gasteiger partial charge in [-0.05, 0) is 29.8 Å². The van der Waals surface area contributed by atoms with E-state index in [0.717, 1.165) is 5.56 Å². The number of hydrogen-bond donors (Lipinski definition) is 2. The molecular formula is C17H18ClNO3S. The zero-order valence-corrected chi connectivity index (χ0v) is 14.0. The lowest BCUT2D eigenvalue weighted by Crippen LogP contribution is -2.27. The van der Waals surface area contributed by atoms with Crippen LogP contribution in [0.1, 0.15) is 11.5 Å². The van der Waals surface area contributed by atoms with Crippen LogP contribution in [0.4, 0.5) is 0 Å². The van der Waals surface area contributed by atoms with Gasteiger partial charge in [0, 0.05) is 22.9 Å². The third-order valence-electron chi connectivity index (χ3n) is 4.69. The van der Waals surface area contributed by atoms with Crippen LogP contribution >= 0.6 is 11.6 Å². The van der Waals surface area contributed by atoms with Crippen molar-refractivity contribution in [3.63, 3.8) is 0 Å². The summed E-state index contributed by atoms with van der Waals surface area (Å²) in [6.45, 7) is -0.166. The van der Waals surface area contributed by atoms with Crippen molar-refractivity contribution in [3.8, 4) is 0 Å². The molecule has 122 valence electrons. The number of benzene rings is 2. The number of nitrogens with two attached hydrogens (primary N) is 1. The fourth-order valence-electron chi connectivity index (χ4n) is 3.37. The Morgan fingerprint density at radius 2 is 1.70 bits per heavy atom. The Hall–Kier alpha value is -1.40. The number of sulfone groups is 1. The summed E-state index contributed by atoms with van der Waals surface area (Å²) in [5, 5.41) is 9.71. The molecule has 1 fully saturated rings. The summed E-state index contributed by atoms with van der Waals surface area (Å²) in [6.07, 6.45) is 0. The van der Waals surface area contributed by atoms with Gasteiger partial charge in [0.2, 0.25) is 0 Å². The number of halogens is 1. The number of aliphatic hydroxyl groups excluding tert-OH is 1. The minimum Gasteiger partial charge on any atom is -0.396 e. The Bertz CT molecular complexity index is 786. The molecule has 0 amide bonds. The maximum absolute atomic E-state index is 13.0. The fraction of sp³-hybridized carbons (Fsp3) is 0.294. The highest BCUT2D eigenvalue weighted by molar-refractivity contribution is 7.92. The molecule has 0 saturated heterocycles. The van der Waals surface area contributed by atoms with Crippen molar-refractivity contribution in [1.29, 1.82) is 0 Å². The van der Waals surface area contributed by atoms with Crippen LogP contribution in [0.2, 0.25) is 5.02 Å². The highest BCUT2D eigenvalue weighted by Gasteiger charge is 2.70. The topological polar surface area (TPSA) is 80.4 Å². The average Bonchev–Trinajstić information content (AvgIpc) is 3.27. The van der Waals surface area contributed by atoms with E-state index < -0.39 is 20.5 Å². The van der Waals surface area contributed by atoms with Crippen LogP contribution in [-0.2, 0) is 9.84 Å². The Labute approximate surface area is 140 Å². The fourth-order valence-corrected chi connectivity index (χ4v) is 5.97. The lowest BCUT2D eigenvalue weighted by atomic mass is 10.0. The second-order valence-electron chi connectivity index (χ2n) is 5.90. The van der Waals surface area contributed by atoms with Gasteiger partial charge in [0.05, 0.1) is 16.8 Å². The van der Waals surface area contributed by atoms with Crippen molar-refractivity contribution in [2.24, 2.45) is 11.1 Å². The van der Waals surface area contributed by atoms with E-state index in [4.69, 9.17) is 17.3 Å². The van der Waals surface area contributed by atoms with Gasteiger partial charge in [-0.25, -0.2) is 8.42 Å². The summed E-state index contributed by atoms with van der Waals surface area (Å²) in [5.41, 5.74) is 5.84. The minimum atomic E-state index is -3.58. The Morgan fingerprint density at radius 1 is 1.09 bits per heavy atom. The van der Waals surface area contributed by atoms with Gasteiger partial charge in [-0.1, -0.05) is 41.9 Å². The monoisotopic (exact) mass is 351 g/mol. The lowest BCUT2D eigenvalue weighted by Gasteiger charge is -2.12. The van der Waals surface area contributed by atoms with Gasteiger partial charge in [0.1, 0.15) is 0 Å². The van der Waals surface area contributed by atoms with Crippen molar-refractivity contribution >= 4 is 21.4 Å². The van der Waals surface area contributed by atoms with Crippen molar-refractivity contribution < 1.29 is 13.5 Å². The molecular weight excluding hydrogens is 334 g/mol. The molecule has 3 N–H and O–H groups in total. The largest absolute Gasteiger partial charge is 0.396 e. The molecule has 2 aromatic rings.